The van der Waals surface area contributed by atoms with Crippen molar-refractivity contribution >= 4 is 11.3 Å². The highest BCUT2D eigenvalue weighted by Gasteiger charge is 2.25. The SMILES string of the molecule is CC(C)Oc1ccc(C(C)(CO)NCc2cccs2)cc1. The van der Waals surface area contributed by atoms with Gasteiger partial charge in [-0.25, -0.2) is 0 Å². The lowest BCUT2D eigenvalue weighted by atomic mass is 9.92. The standard InChI is InChI=1S/C17H23NO2S/c1-13(2)20-15-8-6-14(7-9-15)17(3,12-19)18-11-16-5-4-10-21-16/h4-10,13,18-19H,11-12H2,1-3H3. The number of ether oxygens (including phenoxy) is 1. The Kier molecular flexibility index (Phi) is 5.39. The fraction of sp³-hybridized carbons (Fsp3) is 0.412. The van der Waals surface area contributed by atoms with Crippen molar-refractivity contribution in [3.63, 3.8) is 0 Å². The van der Waals surface area contributed by atoms with E-state index in [2.05, 4.69) is 16.8 Å². The maximum absolute atomic E-state index is 9.79. The van der Waals surface area contributed by atoms with E-state index >= 15 is 0 Å². The van der Waals surface area contributed by atoms with E-state index < -0.39 is 5.54 Å². The molecule has 0 aliphatic carbocycles. The fourth-order valence-electron chi connectivity index (χ4n) is 2.12. The lowest BCUT2D eigenvalue weighted by Gasteiger charge is -2.29. The first-order valence-electron chi connectivity index (χ1n) is 7.19. The van der Waals surface area contributed by atoms with Crippen molar-refractivity contribution in [2.75, 3.05) is 6.61 Å². The highest BCUT2D eigenvalue weighted by Crippen LogP contribution is 2.24. The third-order valence-corrected chi connectivity index (χ3v) is 4.29. The lowest BCUT2D eigenvalue weighted by molar-refractivity contribution is 0.173. The van der Waals surface area contributed by atoms with Crippen LogP contribution in [0.2, 0.25) is 0 Å². The summed E-state index contributed by atoms with van der Waals surface area (Å²) in [5.74, 6) is 0.854. The molecule has 0 fully saturated rings. The van der Waals surface area contributed by atoms with Gasteiger partial charge in [-0.05, 0) is 49.9 Å². The molecule has 2 rings (SSSR count). The van der Waals surface area contributed by atoms with Gasteiger partial charge in [0.25, 0.3) is 0 Å². The Labute approximate surface area is 130 Å². The quantitative estimate of drug-likeness (QED) is 0.822. The zero-order valence-electron chi connectivity index (χ0n) is 12.8. The Morgan fingerprint density at radius 3 is 2.48 bits per heavy atom. The first-order valence-corrected chi connectivity index (χ1v) is 8.07. The van der Waals surface area contributed by atoms with Crippen LogP contribution in [0.3, 0.4) is 0 Å². The predicted molar refractivity (Wildman–Crippen MR) is 87.8 cm³/mol. The van der Waals surface area contributed by atoms with Crippen LogP contribution >= 0.6 is 11.3 Å². The normalized spacial score (nSPS) is 14.1. The summed E-state index contributed by atoms with van der Waals surface area (Å²) in [6, 6.07) is 12.1. The first kappa shape index (κ1) is 16.0. The zero-order chi connectivity index (χ0) is 15.3. The van der Waals surface area contributed by atoms with Gasteiger partial charge in [-0.3, -0.25) is 0 Å². The summed E-state index contributed by atoms with van der Waals surface area (Å²) in [4.78, 5) is 1.26. The number of aliphatic hydroxyl groups excluding tert-OH is 1. The van der Waals surface area contributed by atoms with E-state index in [-0.39, 0.29) is 12.7 Å². The monoisotopic (exact) mass is 305 g/mol. The van der Waals surface area contributed by atoms with Crippen LogP contribution in [-0.2, 0) is 12.1 Å². The third kappa shape index (κ3) is 4.30. The molecule has 0 saturated heterocycles. The van der Waals surface area contributed by atoms with Crippen molar-refractivity contribution < 1.29 is 9.84 Å². The van der Waals surface area contributed by atoms with E-state index in [1.807, 2.05) is 51.1 Å². The van der Waals surface area contributed by atoms with Gasteiger partial charge in [-0.2, -0.15) is 0 Å². The minimum atomic E-state index is -0.458. The molecule has 0 saturated carbocycles. The Balaban J connectivity index is 2.07. The summed E-state index contributed by atoms with van der Waals surface area (Å²) in [5.41, 5.74) is 0.595. The molecule has 0 aliphatic rings. The summed E-state index contributed by atoms with van der Waals surface area (Å²) in [5, 5.41) is 15.3. The molecule has 3 nitrogen and oxygen atoms in total. The molecule has 0 aliphatic heterocycles. The molecule has 21 heavy (non-hydrogen) atoms. The predicted octanol–water partition coefficient (Wildman–Crippen LogP) is 3.53. The number of benzene rings is 1. The highest BCUT2D eigenvalue weighted by molar-refractivity contribution is 7.09. The van der Waals surface area contributed by atoms with Gasteiger partial charge in [-0.15, -0.1) is 11.3 Å². The van der Waals surface area contributed by atoms with Crippen molar-refractivity contribution in [1.29, 1.82) is 0 Å². The van der Waals surface area contributed by atoms with Crippen LogP contribution in [0.5, 0.6) is 5.75 Å². The van der Waals surface area contributed by atoms with E-state index in [1.54, 1.807) is 11.3 Å². The molecule has 0 amide bonds. The second kappa shape index (κ2) is 7.07. The number of nitrogens with one attached hydrogen (secondary N) is 1. The number of aliphatic hydroxyl groups is 1. The number of rotatable bonds is 7. The van der Waals surface area contributed by atoms with Crippen LogP contribution in [0, 0.1) is 0 Å². The number of thiophene rings is 1. The summed E-state index contributed by atoms with van der Waals surface area (Å²) >= 11 is 1.71. The van der Waals surface area contributed by atoms with Crippen molar-refractivity contribution in [3.8, 4) is 5.75 Å². The summed E-state index contributed by atoms with van der Waals surface area (Å²) < 4.78 is 5.65. The van der Waals surface area contributed by atoms with Crippen molar-refractivity contribution in [3.05, 3.63) is 52.2 Å². The summed E-state index contributed by atoms with van der Waals surface area (Å²) in [6.07, 6.45) is 0.164. The van der Waals surface area contributed by atoms with Crippen LogP contribution in [0.4, 0.5) is 0 Å². The van der Waals surface area contributed by atoms with Crippen LogP contribution < -0.4 is 10.1 Å². The number of hydrogen-bond acceptors (Lipinski definition) is 4. The van der Waals surface area contributed by atoms with Gasteiger partial charge >= 0.3 is 0 Å². The second-order valence-corrected chi connectivity index (χ2v) is 6.65. The molecule has 0 bridgehead atoms. The molecule has 4 heteroatoms. The molecule has 0 radical (unpaired) electrons. The molecular formula is C17H23NO2S. The van der Waals surface area contributed by atoms with E-state index in [1.165, 1.54) is 4.88 Å². The second-order valence-electron chi connectivity index (χ2n) is 5.61. The minimum absolute atomic E-state index is 0.0444. The van der Waals surface area contributed by atoms with Crippen molar-refractivity contribution in [1.82, 2.24) is 5.32 Å². The van der Waals surface area contributed by atoms with Crippen LogP contribution in [0.1, 0.15) is 31.2 Å². The van der Waals surface area contributed by atoms with Gasteiger partial charge < -0.3 is 15.2 Å². The van der Waals surface area contributed by atoms with Gasteiger partial charge in [0.15, 0.2) is 0 Å². The summed E-state index contributed by atoms with van der Waals surface area (Å²) in [6.45, 7) is 6.82. The number of hydrogen-bond donors (Lipinski definition) is 2. The smallest absolute Gasteiger partial charge is 0.119 e. The molecular weight excluding hydrogens is 282 g/mol. The zero-order valence-corrected chi connectivity index (χ0v) is 13.6. The van der Waals surface area contributed by atoms with Crippen molar-refractivity contribution in [2.24, 2.45) is 0 Å². The Bertz CT molecular complexity index is 536. The van der Waals surface area contributed by atoms with E-state index in [0.717, 1.165) is 17.9 Å². The van der Waals surface area contributed by atoms with Gasteiger partial charge in [-0.1, -0.05) is 18.2 Å². The van der Waals surface area contributed by atoms with E-state index in [0.29, 0.717) is 0 Å². The van der Waals surface area contributed by atoms with Crippen molar-refractivity contribution in [2.45, 2.75) is 39.0 Å². The Hall–Kier alpha value is -1.36. The molecule has 2 aromatic rings. The third-order valence-electron chi connectivity index (χ3n) is 3.41. The highest BCUT2D eigenvalue weighted by atomic mass is 32.1. The summed E-state index contributed by atoms with van der Waals surface area (Å²) in [7, 11) is 0. The lowest BCUT2D eigenvalue weighted by Crippen LogP contribution is -2.42. The molecule has 1 aromatic heterocycles. The molecule has 114 valence electrons. The minimum Gasteiger partial charge on any atom is -0.491 e. The molecule has 2 N–H and O–H groups in total. The van der Waals surface area contributed by atoms with Crippen LogP contribution in [0.15, 0.2) is 41.8 Å². The van der Waals surface area contributed by atoms with Gasteiger partial charge in [0, 0.05) is 11.4 Å². The fourth-order valence-corrected chi connectivity index (χ4v) is 2.76. The topological polar surface area (TPSA) is 41.5 Å². The maximum atomic E-state index is 9.79. The molecule has 1 unspecified atom stereocenters. The largest absolute Gasteiger partial charge is 0.491 e. The van der Waals surface area contributed by atoms with E-state index in [9.17, 15) is 5.11 Å². The Morgan fingerprint density at radius 1 is 1.24 bits per heavy atom. The van der Waals surface area contributed by atoms with E-state index in [4.69, 9.17) is 4.74 Å². The van der Waals surface area contributed by atoms with Crippen LogP contribution in [0.25, 0.3) is 0 Å². The van der Waals surface area contributed by atoms with Crippen LogP contribution in [-0.4, -0.2) is 17.8 Å². The van der Waals surface area contributed by atoms with Gasteiger partial charge in [0.2, 0.25) is 0 Å². The average molecular weight is 305 g/mol. The molecule has 0 spiro atoms. The maximum Gasteiger partial charge on any atom is 0.119 e. The molecule has 1 atom stereocenters. The molecule has 1 aromatic carbocycles. The average Bonchev–Trinajstić information content (AvgIpc) is 2.98. The first-order chi connectivity index (χ1) is 10.0. The van der Waals surface area contributed by atoms with Gasteiger partial charge in [0.1, 0.15) is 5.75 Å². The molecule has 1 heterocycles. The van der Waals surface area contributed by atoms with Gasteiger partial charge in [0.05, 0.1) is 18.2 Å². The Morgan fingerprint density at radius 2 is 1.95 bits per heavy atom.